The summed E-state index contributed by atoms with van der Waals surface area (Å²) in [6.07, 6.45) is 7.98. The Morgan fingerprint density at radius 2 is 2.03 bits per heavy atom. The van der Waals surface area contributed by atoms with Crippen molar-refractivity contribution in [3.05, 3.63) is 66.6 Å². The molecule has 0 saturated heterocycles. The SMILES string of the molecule is Cc1cc(N(CCCNC(N)=O)CC(=O)NCCc2ccc3occc3c2)nc(-n2ccnc2)n1. The number of anilines is 1. The molecule has 3 amide bonds. The summed E-state index contributed by atoms with van der Waals surface area (Å²) < 4.78 is 7.08. The third-order valence-corrected chi connectivity index (χ3v) is 5.38. The summed E-state index contributed by atoms with van der Waals surface area (Å²) in [6, 6.07) is 9.16. The van der Waals surface area contributed by atoms with Crippen molar-refractivity contribution in [2.24, 2.45) is 5.73 Å². The molecule has 0 aliphatic rings. The van der Waals surface area contributed by atoms with Gasteiger partial charge in [0.2, 0.25) is 11.9 Å². The first-order valence-corrected chi connectivity index (χ1v) is 11.3. The van der Waals surface area contributed by atoms with E-state index in [-0.39, 0.29) is 12.5 Å². The molecule has 3 aromatic heterocycles. The predicted molar refractivity (Wildman–Crippen MR) is 131 cm³/mol. The van der Waals surface area contributed by atoms with Crippen LogP contribution in [-0.4, -0.2) is 57.6 Å². The molecule has 0 aliphatic carbocycles. The molecule has 0 fully saturated rings. The molecule has 0 atom stereocenters. The molecule has 0 bridgehead atoms. The maximum atomic E-state index is 12.8. The number of primary amides is 1. The van der Waals surface area contributed by atoms with E-state index in [0.717, 1.165) is 22.2 Å². The number of hydrogen-bond acceptors (Lipinski definition) is 7. The van der Waals surface area contributed by atoms with Gasteiger partial charge in [0, 0.05) is 49.2 Å². The number of urea groups is 1. The van der Waals surface area contributed by atoms with Crippen LogP contribution in [0.2, 0.25) is 0 Å². The van der Waals surface area contributed by atoms with Gasteiger partial charge in [-0.2, -0.15) is 4.98 Å². The number of nitrogens with zero attached hydrogens (tertiary/aromatic N) is 5. The van der Waals surface area contributed by atoms with Gasteiger partial charge in [0.15, 0.2) is 0 Å². The topological polar surface area (TPSA) is 144 Å². The van der Waals surface area contributed by atoms with Crippen molar-refractivity contribution in [1.29, 1.82) is 0 Å². The second-order valence-electron chi connectivity index (χ2n) is 8.10. The number of amides is 3. The van der Waals surface area contributed by atoms with Crippen LogP contribution < -0.4 is 21.3 Å². The Morgan fingerprint density at radius 3 is 2.83 bits per heavy atom. The van der Waals surface area contributed by atoms with Crippen molar-refractivity contribution >= 4 is 28.7 Å². The summed E-state index contributed by atoms with van der Waals surface area (Å²) >= 11 is 0. The quantitative estimate of drug-likeness (QED) is 0.281. The number of rotatable bonds is 11. The first kappa shape index (κ1) is 23.7. The fourth-order valence-electron chi connectivity index (χ4n) is 3.69. The highest BCUT2D eigenvalue weighted by molar-refractivity contribution is 5.81. The Kier molecular flexibility index (Phi) is 7.56. The summed E-state index contributed by atoms with van der Waals surface area (Å²) in [5.74, 6) is 0.950. The van der Waals surface area contributed by atoms with Gasteiger partial charge in [0.25, 0.3) is 0 Å². The van der Waals surface area contributed by atoms with Crippen LogP contribution in [0.3, 0.4) is 0 Å². The van der Waals surface area contributed by atoms with E-state index >= 15 is 0 Å². The van der Waals surface area contributed by atoms with E-state index in [1.165, 1.54) is 0 Å². The Hall–Kier alpha value is -4.41. The molecule has 4 N–H and O–H groups in total. The maximum absolute atomic E-state index is 12.8. The number of fused-ring (bicyclic) bond motifs is 1. The van der Waals surface area contributed by atoms with Gasteiger partial charge in [-0.15, -0.1) is 0 Å². The van der Waals surface area contributed by atoms with E-state index in [1.54, 1.807) is 29.6 Å². The van der Waals surface area contributed by atoms with Crippen LogP contribution in [0.1, 0.15) is 17.7 Å². The van der Waals surface area contributed by atoms with Gasteiger partial charge in [0.05, 0.1) is 12.8 Å². The highest BCUT2D eigenvalue weighted by Gasteiger charge is 2.15. The minimum absolute atomic E-state index is 0.108. The summed E-state index contributed by atoms with van der Waals surface area (Å²) in [7, 11) is 0. The van der Waals surface area contributed by atoms with Crippen LogP contribution in [0.4, 0.5) is 10.6 Å². The summed E-state index contributed by atoms with van der Waals surface area (Å²) in [5.41, 5.74) is 7.88. The molecule has 11 heteroatoms. The van der Waals surface area contributed by atoms with E-state index in [2.05, 4.69) is 31.7 Å². The normalized spacial score (nSPS) is 10.9. The second kappa shape index (κ2) is 11.1. The first-order valence-electron chi connectivity index (χ1n) is 11.3. The lowest BCUT2D eigenvalue weighted by atomic mass is 10.1. The molecule has 35 heavy (non-hydrogen) atoms. The lowest BCUT2D eigenvalue weighted by Gasteiger charge is -2.24. The van der Waals surface area contributed by atoms with Gasteiger partial charge in [-0.05, 0) is 43.5 Å². The Labute approximate surface area is 202 Å². The number of hydrogen-bond donors (Lipinski definition) is 3. The lowest BCUT2D eigenvalue weighted by molar-refractivity contribution is -0.119. The largest absolute Gasteiger partial charge is 0.464 e. The van der Waals surface area contributed by atoms with Crippen molar-refractivity contribution in [1.82, 2.24) is 30.2 Å². The van der Waals surface area contributed by atoms with Gasteiger partial charge in [-0.25, -0.2) is 14.8 Å². The smallest absolute Gasteiger partial charge is 0.312 e. The minimum Gasteiger partial charge on any atom is -0.464 e. The van der Waals surface area contributed by atoms with E-state index < -0.39 is 6.03 Å². The highest BCUT2D eigenvalue weighted by atomic mass is 16.3. The average molecular weight is 477 g/mol. The zero-order valence-electron chi connectivity index (χ0n) is 19.5. The van der Waals surface area contributed by atoms with E-state index in [0.29, 0.717) is 44.2 Å². The molecule has 1 aromatic carbocycles. The fraction of sp³-hybridized carbons (Fsp3) is 0.292. The van der Waals surface area contributed by atoms with Gasteiger partial charge >= 0.3 is 6.03 Å². The standard InChI is InChI=1S/C24H28N8O3/c1-17-13-21(30-24(29-17)32-11-9-26-16-32)31(10-2-7-28-23(25)34)15-22(33)27-8-5-18-3-4-20-19(14-18)6-12-35-20/h3-4,6,9,11-14,16H,2,5,7-8,10,15H2,1H3,(H,27,33)(H3,25,28,34). The van der Waals surface area contributed by atoms with Crippen molar-refractivity contribution in [2.45, 2.75) is 19.8 Å². The Balaban J connectivity index is 1.40. The number of carbonyl (C=O) groups excluding carboxylic acids is 2. The van der Waals surface area contributed by atoms with Crippen LogP contribution in [0.5, 0.6) is 0 Å². The van der Waals surface area contributed by atoms with Gasteiger partial charge in [-0.1, -0.05) is 6.07 Å². The van der Waals surface area contributed by atoms with E-state index in [4.69, 9.17) is 10.2 Å². The number of nitrogens with one attached hydrogen (secondary N) is 2. The number of furan rings is 1. The molecule has 11 nitrogen and oxygen atoms in total. The molecule has 182 valence electrons. The Morgan fingerprint density at radius 1 is 1.14 bits per heavy atom. The molecule has 3 heterocycles. The zero-order chi connectivity index (χ0) is 24.6. The van der Waals surface area contributed by atoms with Crippen LogP contribution in [0, 0.1) is 6.92 Å². The number of carbonyl (C=O) groups is 2. The van der Waals surface area contributed by atoms with Crippen LogP contribution in [0.15, 0.2) is 59.7 Å². The molecule has 0 unspecified atom stereocenters. The van der Waals surface area contributed by atoms with Crippen LogP contribution in [-0.2, 0) is 11.2 Å². The predicted octanol–water partition coefficient (Wildman–Crippen LogP) is 1.94. The van der Waals surface area contributed by atoms with Crippen molar-refractivity contribution in [3.8, 4) is 5.95 Å². The third-order valence-electron chi connectivity index (χ3n) is 5.38. The molecular weight excluding hydrogens is 448 g/mol. The third kappa shape index (κ3) is 6.56. The summed E-state index contributed by atoms with van der Waals surface area (Å²) in [6.45, 7) is 3.36. The maximum Gasteiger partial charge on any atom is 0.312 e. The van der Waals surface area contributed by atoms with Crippen LogP contribution >= 0.6 is 0 Å². The number of benzene rings is 1. The highest BCUT2D eigenvalue weighted by Crippen LogP contribution is 2.17. The van der Waals surface area contributed by atoms with E-state index in [1.807, 2.05) is 36.1 Å². The van der Waals surface area contributed by atoms with Crippen molar-refractivity contribution < 1.29 is 14.0 Å². The number of aromatic nitrogens is 4. The lowest BCUT2D eigenvalue weighted by Crippen LogP contribution is -2.40. The van der Waals surface area contributed by atoms with Crippen LogP contribution in [0.25, 0.3) is 16.9 Å². The van der Waals surface area contributed by atoms with Gasteiger partial charge < -0.3 is 25.7 Å². The number of nitrogens with two attached hydrogens (primary N) is 1. The monoisotopic (exact) mass is 476 g/mol. The molecule has 0 saturated carbocycles. The Bertz CT molecular complexity index is 1290. The first-order chi connectivity index (χ1) is 17.0. The fourth-order valence-corrected chi connectivity index (χ4v) is 3.69. The molecule has 0 aliphatic heterocycles. The summed E-state index contributed by atoms with van der Waals surface area (Å²) in [4.78, 5) is 38.8. The number of imidazole rings is 1. The zero-order valence-corrected chi connectivity index (χ0v) is 19.5. The molecule has 0 radical (unpaired) electrons. The molecule has 0 spiro atoms. The van der Waals surface area contributed by atoms with Crippen molar-refractivity contribution in [2.75, 3.05) is 31.1 Å². The summed E-state index contributed by atoms with van der Waals surface area (Å²) in [5, 5.41) is 6.60. The van der Waals surface area contributed by atoms with E-state index in [9.17, 15) is 9.59 Å². The minimum atomic E-state index is -0.580. The number of aryl methyl sites for hydroxylation is 1. The average Bonchev–Trinajstić information content (AvgIpc) is 3.52. The van der Waals surface area contributed by atoms with Gasteiger partial charge in [-0.3, -0.25) is 9.36 Å². The molecular formula is C24H28N8O3. The molecule has 4 rings (SSSR count). The van der Waals surface area contributed by atoms with Crippen molar-refractivity contribution in [3.63, 3.8) is 0 Å². The van der Waals surface area contributed by atoms with Gasteiger partial charge in [0.1, 0.15) is 17.7 Å². The molecule has 4 aromatic rings. The second-order valence-corrected chi connectivity index (χ2v) is 8.10.